The first-order valence-corrected chi connectivity index (χ1v) is 29.6. The maximum Gasteiger partial charge on any atom is 0.418 e. The number of primary amides is 1. The van der Waals surface area contributed by atoms with E-state index >= 15 is 0 Å². The second kappa shape index (κ2) is 38.1. The number of benzene rings is 2. The number of hydrogen-bond donors (Lipinski definition) is 8. The Labute approximate surface area is 518 Å². The molecule has 3 unspecified atom stereocenters. The standard InChI is InChI=1S/C26H35BrF3N5O6.C25H31ClN2O6.C5H9NO3.C3H8/c1-16-9-10-19(18(13-16)26(28,29)30)35-23(38)20(7-6-11-32-25(31)40)34-22(37)15-33-21(36)8-4-3-5-12-41-24(39)17(2)14-27;1-15-6-4-5-9-25(31)14-17(33-24(30)27-25)13-20-19(34-20)7-8-22(29)28(2)18-11-16(10-15)12-21(32-3)23(18)26;1-4(5(8)9)6(2)3-7;1-3-2/h9-10,13,20H,2-8,11-12,14-15H2,1H3,(H,33,36)(H,34,37)(H,35,38)(H3,31,32,40);4-6,11-12,17,19-20,31H,7-10,13-14H2,1-3H3,(H,27,30);3-4H,1-2H3,(H,8,9);3H2,1-2H3/b;5-4+,15-6+;;/t;17?,19?,20-,25+;4-;/m.00./s1. The van der Waals surface area contributed by atoms with Crippen molar-refractivity contribution < 1.29 is 85.5 Å². The normalized spacial score (nSPS) is 19.7. The molecule has 0 spiro atoms. The molecule has 3 aliphatic heterocycles. The van der Waals surface area contributed by atoms with Crippen LogP contribution in [-0.2, 0) is 60.4 Å². The summed E-state index contributed by atoms with van der Waals surface area (Å²) in [6, 6.07) is 4.40. The lowest BCUT2D eigenvalue weighted by atomic mass is 9.96. The van der Waals surface area contributed by atoms with Gasteiger partial charge in [0.1, 0.15) is 34.7 Å². The first kappa shape index (κ1) is 75.9. The van der Waals surface area contributed by atoms with Gasteiger partial charge in [-0.25, -0.2) is 19.2 Å². The molecule has 0 saturated carbocycles. The van der Waals surface area contributed by atoms with Crippen molar-refractivity contribution in [2.24, 2.45) is 5.73 Å². The molecule has 5 rings (SSSR count). The van der Waals surface area contributed by atoms with E-state index in [0.29, 0.717) is 84.3 Å². The zero-order valence-electron chi connectivity index (χ0n) is 50.4. The van der Waals surface area contributed by atoms with Crippen LogP contribution in [0.15, 0.2) is 66.3 Å². The summed E-state index contributed by atoms with van der Waals surface area (Å²) in [4.78, 5) is 107. The van der Waals surface area contributed by atoms with Crippen molar-refractivity contribution >= 4 is 93.0 Å². The molecule has 3 heterocycles. The fourth-order valence-corrected chi connectivity index (χ4v) is 8.80. The van der Waals surface area contributed by atoms with Crippen molar-refractivity contribution in [1.29, 1.82) is 0 Å². The first-order valence-electron chi connectivity index (χ1n) is 28.1. The number of anilines is 2. The number of unbranched alkanes of at least 4 members (excludes halogenated alkanes) is 2. The van der Waals surface area contributed by atoms with Crippen LogP contribution in [0.3, 0.4) is 0 Å². The number of urea groups is 1. The molecule has 484 valence electrons. The molecule has 0 aromatic heterocycles. The van der Waals surface area contributed by atoms with Gasteiger partial charge in [0.05, 0.1) is 49.4 Å². The van der Waals surface area contributed by atoms with Crippen LogP contribution in [0.1, 0.15) is 121 Å². The summed E-state index contributed by atoms with van der Waals surface area (Å²) >= 11 is 9.65. The van der Waals surface area contributed by atoms with Crippen molar-refractivity contribution in [3.8, 4) is 5.75 Å². The number of alkyl halides is 4. The Morgan fingerprint density at radius 3 is 2.36 bits per heavy atom. The van der Waals surface area contributed by atoms with Crippen LogP contribution >= 0.6 is 27.5 Å². The predicted molar refractivity (Wildman–Crippen MR) is 324 cm³/mol. The number of nitrogens with one attached hydrogen (secondary N) is 5. The zero-order chi connectivity index (χ0) is 65.6. The minimum atomic E-state index is -4.73. The van der Waals surface area contributed by atoms with Gasteiger partial charge in [0.25, 0.3) is 0 Å². The molecule has 23 nitrogen and oxygen atoms in total. The van der Waals surface area contributed by atoms with Gasteiger partial charge in [0, 0.05) is 63.6 Å². The minimum Gasteiger partial charge on any atom is -0.495 e. The number of hydrogen-bond acceptors (Lipinski definition) is 14. The number of rotatable bonds is 21. The molecule has 0 aliphatic carbocycles. The molecule has 28 heteroatoms. The third-order valence-corrected chi connectivity index (χ3v) is 14.2. The molecule has 2 aromatic carbocycles. The number of halogens is 5. The molecule has 2 aromatic rings. The van der Waals surface area contributed by atoms with Gasteiger partial charge in [-0.1, -0.05) is 89.8 Å². The SMILES string of the molecule is C=C(CBr)C(=O)OCCCCCC(=O)NCC(=O)NC(CCCNC(N)=O)C(=O)Nc1ccc(C)cc1C(F)(F)F.CCC.COc1cc2cc(c1Cl)N(C)C(=O)CCC1O[C@H]1CC1C[C@](O)(C/C=C/C=C(\C)C2)NC(=O)O1.C[C@@H](C(=O)O)N(C)C=O. The summed E-state index contributed by atoms with van der Waals surface area (Å²) in [5, 5.41) is 31.8. The molecule has 2 fully saturated rings. The highest BCUT2D eigenvalue weighted by molar-refractivity contribution is 9.09. The van der Waals surface area contributed by atoms with E-state index in [2.05, 4.69) is 62.9 Å². The fraction of sp³-hybridized carbons (Fsp3) is 0.542. The number of esters is 1. The van der Waals surface area contributed by atoms with E-state index in [1.54, 1.807) is 19.1 Å². The average molecular weight is 1320 g/mol. The maximum absolute atomic E-state index is 13.5. The van der Waals surface area contributed by atoms with E-state index < -0.39 is 89.7 Å². The van der Waals surface area contributed by atoms with E-state index in [1.165, 1.54) is 33.4 Å². The van der Waals surface area contributed by atoms with Gasteiger partial charge in [-0.2, -0.15) is 13.2 Å². The quantitative estimate of drug-likeness (QED) is 0.0147. The molecule has 87 heavy (non-hydrogen) atoms. The Kier molecular flexibility index (Phi) is 33.3. The van der Waals surface area contributed by atoms with Crippen LogP contribution in [0.5, 0.6) is 5.75 Å². The highest BCUT2D eigenvalue weighted by atomic mass is 79.9. The molecule has 3 aliphatic rings. The van der Waals surface area contributed by atoms with Gasteiger partial charge in [0.2, 0.25) is 30.0 Å². The van der Waals surface area contributed by atoms with Crippen LogP contribution in [0, 0.1) is 6.92 Å². The number of amides is 8. The number of nitrogens with zero attached hydrogens (tertiary/aromatic N) is 2. The van der Waals surface area contributed by atoms with Crippen LogP contribution in [-0.4, -0.2) is 152 Å². The van der Waals surface area contributed by atoms with Gasteiger partial charge in [-0.15, -0.1) is 0 Å². The van der Waals surface area contributed by atoms with Crippen LogP contribution in [0.4, 0.5) is 34.1 Å². The van der Waals surface area contributed by atoms with E-state index in [1.807, 2.05) is 37.3 Å². The Bertz CT molecular complexity index is 2750. The third-order valence-electron chi connectivity index (χ3n) is 13.2. The summed E-state index contributed by atoms with van der Waals surface area (Å²) in [6.07, 6.45) is 5.71. The second-order valence-corrected chi connectivity index (χ2v) is 21.8. The number of likely N-dealkylation sites (N-methyl/N-ethyl adjacent to an activating group) is 1. The monoisotopic (exact) mass is 1310 g/mol. The fourth-order valence-electron chi connectivity index (χ4n) is 8.25. The second-order valence-electron chi connectivity index (χ2n) is 20.8. The lowest BCUT2D eigenvalue weighted by Crippen LogP contribution is -2.56. The van der Waals surface area contributed by atoms with E-state index in [-0.39, 0.29) is 63.4 Å². The molecule has 8 amide bonds. The third kappa shape index (κ3) is 28.4. The molecular formula is C59H83BrClF3N8O15. The molecule has 9 N–H and O–H groups in total. The molecule has 6 atom stereocenters. The topological polar surface area (TPSA) is 327 Å². The number of allylic oxidation sites excluding steroid dienone is 3. The number of nitrogens with two attached hydrogens (primary N) is 1. The summed E-state index contributed by atoms with van der Waals surface area (Å²) in [5.41, 5.74) is 5.38. The number of epoxide rings is 1. The number of ether oxygens (including phenoxy) is 4. The lowest BCUT2D eigenvalue weighted by Gasteiger charge is -2.36. The summed E-state index contributed by atoms with van der Waals surface area (Å²) < 4.78 is 62.0. The molecule has 4 bridgehead atoms. The van der Waals surface area contributed by atoms with Crippen molar-refractivity contribution in [3.05, 3.63) is 88.0 Å². The van der Waals surface area contributed by atoms with Gasteiger partial charge >= 0.3 is 30.2 Å². The van der Waals surface area contributed by atoms with Gasteiger partial charge in [0.15, 0.2) is 0 Å². The number of carboxylic acids is 1. The van der Waals surface area contributed by atoms with Crippen LogP contribution < -0.4 is 42.0 Å². The maximum atomic E-state index is 13.5. The first-order chi connectivity index (χ1) is 40.9. The average Bonchev–Trinajstić information content (AvgIpc) is 4.08. The van der Waals surface area contributed by atoms with Crippen molar-refractivity contribution in [3.63, 3.8) is 0 Å². The van der Waals surface area contributed by atoms with Crippen molar-refractivity contribution in [2.75, 3.05) is 56.4 Å². The lowest BCUT2D eigenvalue weighted by molar-refractivity contribution is -0.144. The van der Waals surface area contributed by atoms with Crippen molar-refractivity contribution in [2.45, 2.75) is 160 Å². The Morgan fingerprint density at radius 1 is 1.06 bits per heavy atom. The largest absolute Gasteiger partial charge is 0.495 e. The van der Waals surface area contributed by atoms with Gasteiger partial charge in [-0.05, 0) is 95.5 Å². The highest BCUT2D eigenvalue weighted by Gasteiger charge is 2.46. The van der Waals surface area contributed by atoms with Gasteiger partial charge < -0.3 is 66.0 Å². The van der Waals surface area contributed by atoms with Gasteiger partial charge in [-0.3, -0.25) is 29.3 Å². The number of aliphatic carboxylic acids is 1. The minimum absolute atomic E-state index is 0.0351. The molecule has 0 radical (unpaired) electrons. The highest BCUT2D eigenvalue weighted by Crippen LogP contribution is 2.39. The Morgan fingerprint density at radius 2 is 1.75 bits per heavy atom. The summed E-state index contributed by atoms with van der Waals surface area (Å²) in [7, 11) is 4.69. The summed E-state index contributed by atoms with van der Waals surface area (Å²) in [6.45, 7) is 12.5. The van der Waals surface area contributed by atoms with Crippen molar-refractivity contribution in [1.82, 2.24) is 26.2 Å². The zero-order valence-corrected chi connectivity index (χ0v) is 52.7. The van der Waals surface area contributed by atoms with E-state index in [0.717, 1.165) is 28.2 Å². The smallest absolute Gasteiger partial charge is 0.418 e. The number of carboxylic acid groups (broad SMARTS) is 1. The van der Waals surface area contributed by atoms with E-state index in [4.69, 9.17) is 41.4 Å². The van der Waals surface area contributed by atoms with Crippen LogP contribution in [0.2, 0.25) is 5.02 Å². The van der Waals surface area contributed by atoms with Crippen LogP contribution in [0.25, 0.3) is 0 Å². The number of aryl methyl sites for hydroxylation is 1. The Hall–Kier alpha value is -7.23. The Balaban J connectivity index is 0.000000503. The number of carbonyl (C=O) groups is 9. The number of methoxy groups -OCH3 is 1. The number of alkyl carbamates (subject to hydrolysis) is 1. The molecule has 2 saturated heterocycles. The van der Waals surface area contributed by atoms with E-state index in [9.17, 15) is 61.4 Å². The summed E-state index contributed by atoms with van der Waals surface area (Å²) in [5.74, 6) is -3.12. The number of fused-ring (bicyclic) bond motifs is 5. The predicted octanol–water partition coefficient (Wildman–Crippen LogP) is 7.91. The number of carbonyl (C=O) groups excluding carboxylic acids is 8. The molecular weight excluding hydrogens is 1230 g/mol. The number of aliphatic hydroxyl groups is 1.